The molecule has 0 unspecified atom stereocenters. The van der Waals surface area contributed by atoms with Gasteiger partial charge in [-0.1, -0.05) is 44.8 Å². The van der Waals surface area contributed by atoms with Crippen LogP contribution in [-0.4, -0.2) is 23.3 Å². The van der Waals surface area contributed by atoms with E-state index in [2.05, 4.69) is 43.7 Å². The lowest BCUT2D eigenvalue weighted by molar-refractivity contribution is 0.279. The molecule has 0 aliphatic heterocycles. The molecule has 0 spiro atoms. The summed E-state index contributed by atoms with van der Waals surface area (Å²) < 4.78 is 14.4. The predicted octanol–water partition coefficient (Wildman–Crippen LogP) is 4.20. The quantitative estimate of drug-likeness (QED) is 0.693. The van der Waals surface area contributed by atoms with Crippen LogP contribution in [0.2, 0.25) is 0 Å². The Hall–Kier alpha value is 0.0700. The second-order valence-corrected chi connectivity index (χ2v) is 5.41. The molecule has 0 amide bonds. The van der Waals surface area contributed by atoms with Gasteiger partial charge in [-0.05, 0) is 25.1 Å². The lowest BCUT2D eigenvalue weighted by atomic mass is 10.2. The first-order chi connectivity index (χ1) is 7.67. The van der Waals surface area contributed by atoms with Gasteiger partial charge in [0.15, 0.2) is 0 Å². The van der Waals surface area contributed by atoms with Gasteiger partial charge >= 0.3 is 0 Å². The number of nitrogens with zero attached hydrogens (tertiary/aromatic N) is 1. The van der Waals surface area contributed by atoms with Gasteiger partial charge < -0.3 is 0 Å². The van der Waals surface area contributed by atoms with Crippen LogP contribution in [0.15, 0.2) is 22.7 Å². The number of benzene rings is 1. The SMILES string of the molecule is CCCN(CCBr)Cc1ccc(Br)cc1F. The van der Waals surface area contributed by atoms with Crippen molar-refractivity contribution in [3.05, 3.63) is 34.1 Å². The van der Waals surface area contributed by atoms with E-state index in [1.165, 1.54) is 6.07 Å². The predicted molar refractivity (Wildman–Crippen MR) is 73.5 cm³/mol. The van der Waals surface area contributed by atoms with E-state index in [9.17, 15) is 4.39 Å². The van der Waals surface area contributed by atoms with Crippen molar-refractivity contribution in [3.8, 4) is 0 Å². The maximum absolute atomic E-state index is 13.6. The van der Waals surface area contributed by atoms with E-state index < -0.39 is 0 Å². The Balaban J connectivity index is 2.68. The number of hydrogen-bond donors (Lipinski definition) is 0. The fourth-order valence-corrected chi connectivity index (χ4v) is 2.43. The van der Waals surface area contributed by atoms with Gasteiger partial charge in [0.1, 0.15) is 5.82 Å². The molecule has 0 aromatic heterocycles. The largest absolute Gasteiger partial charge is 0.298 e. The van der Waals surface area contributed by atoms with Crippen LogP contribution < -0.4 is 0 Å². The summed E-state index contributed by atoms with van der Waals surface area (Å²) in [7, 11) is 0. The molecule has 0 heterocycles. The standard InChI is InChI=1S/C12H16Br2FN/c1-2-6-16(7-5-13)9-10-3-4-11(14)8-12(10)15/h3-4,8H,2,5-7,9H2,1H3. The van der Waals surface area contributed by atoms with Crippen LogP contribution >= 0.6 is 31.9 Å². The molecule has 1 nitrogen and oxygen atoms in total. The minimum atomic E-state index is -0.134. The maximum Gasteiger partial charge on any atom is 0.128 e. The van der Waals surface area contributed by atoms with Gasteiger partial charge in [0, 0.05) is 28.5 Å². The summed E-state index contributed by atoms with van der Waals surface area (Å²) >= 11 is 6.68. The zero-order valence-electron chi connectivity index (χ0n) is 9.35. The van der Waals surface area contributed by atoms with Gasteiger partial charge in [0.05, 0.1) is 0 Å². The summed E-state index contributed by atoms with van der Waals surface area (Å²) in [5, 5.41) is 0.922. The Kier molecular flexibility index (Phi) is 6.54. The Labute approximate surface area is 113 Å². The summed E-state index contributed by atoms with van der Waals surface area (Å²) in [4.78, 5) is 2.25. The lowest BCUT2D eigenvalue weighted by Gasteiger charge is -2.20. The van der Waals surface area contributed by atoms with Crippen LogP contribution in [0.25, 0.3) is 0 Å². The molecule has 0 aliphatic carbocycles. The van der Waals surface area contributed by atoms with E-state index in [-0.39, 0.29) is 5.82 Å². The number of halogens is 3. The molecule has 16 heavy (non-hydrogen) atoms. The van der Waals surface area contributed by atoms with Crippen LogP contribution in [0.1, 0.15) is 18.9 Å². The highest BCUT2D eigenvalue weighted by Gasteiger charge is 2.08. The minimum absolute atomic E-state index is 0.134. The second-order valence-electron chi connectivity index (χ2n) is 3.70. The zero-order valence-corrected chi connectivity index (χ0v) is 12.5. The van der Waals surface area contributed by atoms with E-state index in [1.807, 2.05) is 12.1 Å². The van der Waals surface area contributed by atoms with Gasteiger partial charge in [0.2, 0.25) is 0 Å². The van der Waals surface area contributed by atoms with Crippen molar-refractivity contribution in [2.75, 3.05) is 18.4 Å². The van der Waals surface area contributed by atoms with E-state index in [0.29, 0.717) is 6.54 Å². The molecular formula is C12H16Br2FN. The van der Waals surface area contributed by atoms with Gasteiger partial charge in [-0.3, -0.25) is 4.90 Å². The van der Waals surface area contributed by atoms with Crippen LogP contribution in [0, 0.1) is 5.82 Å². The molecule has 0 saturated carbocycles. The third kappa shape index (κ3) is 4.52. The molecule has 0 atom stereocenters. The van der Waals surface area contributed by atoms with E-state index in [0.717, 1.165) is 34.9 Å². The summed E-state index contributed by atoms with van der Waals surface area (Å²) in [5.74, 6) is -0.134. The number of hydrogen-bond acceptors (Lipinski definition) is 1. The smallest absolute Gasteiger partial charge is 0.128 e. The molecule has 0 bridgehead atoms. The first-order valence-corrected chi connectivity index (χ1v) is 7.31. The maximum atomic E-state index is 13.6. The van der Waals surface area contributed by atoms with Gasteiger partial charge in [-0.25, -0.2) is 4.39 Å². The van der Waals surface area contributed by atoms with Crippen molar-refractivity contribution >= 4 is 31.9 Å². The van der Waals surface area contributed by atoms with Gasteiger partial charge in [0.25, 0.3) is 0 Å². The molecule has 0 N–H and O–H groups in total. The molecular weight excluding hydrogens is 337 g/mol. The second kappa shape index (κ2) is 7.41. The number of rotatable bonds is 6. The van der Waals surface area contributed by atoms with Gasteiger partial charge in [-0.15, -0.1) is 0 Å². The van der Waals surface area contributed by atoms with Crippen molar-refractivity contribution in [2.24, 2.45) is 0 Å². The highest BCUT2D eigenvalue weighted by Crippen LogP contribution is 2.17. The fourth-order valence-electron chi connectivity index (χ4n) is 1.60. The third-order valence-electron chi connectivity index (χ3n) is 2.35. The molecule has 1 aromatic rings. The topological polar surface area (TPSA) is 3.24 Å². The molecule has 90 valence electrons. The molecule has 0 saturated heterocycles. The van der Waals surface area contributed by atoms with Crippen molar-refractivity contribution < 1.29 is 4.39 Å². The monoisotopic (exact) mass is 351 g/mol. The van der Waals surface area contributed by atoms with E-state index >= 15 is 0 Å². The summed E-state index contributed by atoms with van der Waals surface area (Å²) in [6.45, 7) is 4.77. The molecule has 1 aromatic carbocycles. The Morgan fingerprint density at radius 2 is 2.06 bits per heavy atom. The average molecular weight is 353 g/mol. The first kappa shape index (κ1) is 14.1. The lowest BCUT2D eigenvalue weighted by Crippen LogP contribution is -2.26. The highest BCUT2D eigenvalue weighted by atomic mass is 79.9. The molecule has 4 heteroatoms. The Morgan fingerprint density at radius 3 is 2.62 bits per heavy atom. The molecule has 0 fully saturated rings. The van der Waals surface area contributed by atoms with Crippen molar-refractivity contribution in [3.63, 3.8) is 0 Å². The Bertz CT molecular complexity index is 325. The summed E-state index contributed by atoms with van der Waals surface area (Å²) in [5.41, 5.74) is 0.762. The highest BCUT2D eigenvalue weighted by molar-refractivity contribution is 9.10. The number of alkyl halides is 1. The van der Waals surface area contributed by atoms with Gasteiger partial charge in [-0.2, -0.15) is 0 Å². The molecule has 0 radical (unpaired) electrons. The van der Waals surface area contributed by atoms with E-state index in [4.69, 9.17) is 0 Å². The van der Waals surface area contributed by atoms with Crippen LogP contribution in [0.3, 0.4) is 0 Å². The first-order valence-electron chi connectivity index (χ1n) is 5.39. The summed E-state index contributed by atoms with van der Waals surface area (Å²) in [6.07, 6.45) is 1.09. The molecule has 1 rings (SSSR count). The van der Waals surface area contributed by atoms with Crippen molar-refractivity contribution in [1.82, 2.24) is 4.90 Å². The van der Waals surface area contributed by atoms with E-state index in [1.54, 1.807) is 0 Å². The zero-order chi connectivity index (χ0) is 12.0. The Morgan fingerprint density at radius 1 is 1.31 bits per heavy atom. The normalized spacial score (nSPS) is 11.1. The third-order valence-corrected chi connectivity index (χ3v) is 3.20. The summed E-state index contributed by atoms with van der Waals surface area (Å²) in [6, 6.07) is 5.25. The average Bonchev–Trinajstić information content (AvgIpc) is 2.23. The van der Waals surface area contributed by atoms with Crippen molar-refractivity contribution in [1.29, 1.82) is 0 Å². The van der Waals surface area contributed by atoms with Crippen molar-refractivity contribution in [2.45, 2.75) is 19.9 Å². The molecule has 0 aliphatic rings. The van der Waals surface area contributed by atoms with Crippen LogP contribution in [0.5, 0.6) is 0 Å². The fraction of sp³-hybridized carbons (Fsp3) is 0.500. The minimum Gasteiger partial charge on any atom is -0.298 e. The van der Waals surface area contributed by atoms with Crippen LogP contribution in [0.4, 0.5) is 4.39 Å². The van der Waals surface area contributed by atoms with Crippen LogP contribution in [-0.2, 0) is 6.54 Å².